The minimum atomic E-state index is -1.01. The van der Waals surface area contributed by atoms with E-state index in [0.717, 1.165) is 0 Å². The Morgan fingerprint density at radius 2 is 1.48 bits per heavy atom. The summed E-state index contributed by atoms with van der Waals surface area (Å²) < 4.78 is 10.1. The fourth-order valence-corrected chi connectivity index (χ4v) is 1.93. The number of carbonyl (C=O) groups is 3. The summed E-state index contributed by atoms with van der Waals surface area (Å²) in [5, 5.41) is 2.40. The van der Waals surface area contributed by atoms with E-state index >= 15 is 0 Å². The summed E-state index contributed by atoms with van der Waals surface area (Å²) in [6, 6.07) is 12.9. The molecule has 2 aromatic carbocycles. The summed E-state index contributed by atoms with van der Waals surface area (Å²) in [6.07, 6.45) is 0. The van der Waals surface area contributed by atoms with Crippen molar-refractivity contribution in [2.45, 2.75) is 0 Å². The van der Waals surface area contributed by atoms with Crippen LogP contribution in [0.5, 0.6) is 11.5 Å². The largest absolute Gasteiger partial charge is 0.497 e. The third-order valence-electron chi connectivity index (χ3n) is 3.20. The Morgan fingerprint density at radius 3 is 2.12 bits per heavy atom. The maximum Gasteiger partial charge on any atom is 0.328 e. The van der Waals surface area contributed by atoms with Gasteiger partial charge in [-0.3, -0.25) is 25.2 Å². The molecule has 2 aromatic rings. The van der Waals surface area contributed by atoms with Crippen LogP contribution in [0.1, 0.15) is 10.4 Å². The molecule has 2 rings (SSSR count). The first-order valence-electron chi connectivity index (χ1n) is 7.24. The van der Waals surface area contributed by atoms with Gasteiger partial charge in [0.1, 0.15) is 11.5 Å². The van der Waals surface area contributed by atoms with Gasteiger partial charge in [0.15, 0.2) is 0 Å². The fraction of sp³-hybridized carbons (Fsp3) is 0.118. The lowest BCUT2D eigenvalue weighted by Gasteiger charge is -2.10. The van der Waals surface area contributed by atoms with Gasteiger partial charge in [-0.1, -0.05) is 12.1 Å². The fourth-order valence-electron chi connectivity index (χ4n) is 1.93. The van der Waals surface area contributed by atoms with Crippen LogP contribution in [0.25, 0.3) is 0 Å². The molecule has 0 heterocycles. The third kappa shape index (κ3) is 4.71. The van der Waals surface area contributed by atoms with Crippen molar-refractivity contribution in [1.82, 2.24) is 10.9 Å². The molecule has 0 saturated carbocycles. The summed E-state index contributed by atoms with van der Waals surface area (Å²) in [5.74, 6) is -1.59. The van der Waals surface area contributed by atoms with Gasteiger partial charge in [0.25, 0.3) is 5.91 Å². The zero-order valence-electron chi connectivity index (χ0n) is 13.7. The van der Waals surface area contributed by atoms with Gasteiger partial charge in [-0.2, -0.15) is 0 Å². The normalized spacial score (nSPS) is 9.68. The summed E-state index contributed by atoms with van der Waals surface area (Å²) in [5.41, 5.74) is 4.84. The first kappa shape index (κ1) is 17.8. The molecule has 0 aliphatic rings. The van der Waals surface area contributed by atoms with Gasteiger partial charge in [-0.15, -0.1) is 0 Å². The van der Waals surface area contributed by atoms with E-state index in [4.69, 9.17) is 9.47 Å². The van der Waals surface area contributed by atoms with Crippen molar-refractivity contribution in [1.29, 1.82) is 0 Å². The highest BCUT2D eigenvalue weighted by atomic mass is 16.5. The molecule has 8 nitrogen and oxygen atoms in total. The molecule has 130 valence electrons. The maximum atomic E-state index is 12.0. The second kappa shape index (κ2) is 8.34. The van der Waals surface area contributed by atoms with Crippen molar-refractivity contribution >= 4 is 23.4 Å². The molecular weight excluding hydrogens is 326 g/mol. The number of ether oxygens (including phenoxy) is 2. The van der Waals surface area contributed by atoms with Gasteiger partial charge >= 0.3 is 11.8 Å². The molecule has 0 aliphatic carbocycles. The number of benzene rings is 2. The molecule has 0 unspecified atom stereocenters. The monoisotopic (exact) mass is 343 g/mol. The number of anilines is 1. The summed E-state index contributed by atoms with van der Waals surface area (Å²) in [6.45, 7) is 0. The molecule has 25 heavy (non-hydrogen) atoms. The van der Waals surface area contributed by atoms with E-state index in [2.05, 4.69) is 10.7 Å². The first-order chi connectivity index (χ1) is 12.0. The van der Waals surface area contributed by atoms with Crippen LogP contribution in [0.15, 0.2) is 48.5 Å². The van der Waals surface area contributed by atoms with E-state index < -0.39 is 17.7 Å². The van der Waals surface area contributed by atoms with Gasteiger partial charge < -0.3 is 14.8 Å². The Balaban J connectivity index is 1.90. The maximum absolute atomic E-state index is 12.0. The average molecular weight is 343 g/mol. The molecule has 3 amide bonds. The Hall–Kier alpha value is -3.55. The van der Waals surface area contributed by atoms with E-state index in [9.17, 15) is 14.4 Å². The zero-order valence-corrected chi connectivity index (χ0v) is 13.7. The highest BCUT2D eigenvalue weighted by Crippen LogP contribution is 2.16. The summed E-state index contributed by atoms with van der Waals surface area (Å²) >= 11 is 0. The SMILES string of the molecule is COc1ccc(NC(=O)C(=O)NNC(=O)c2ccccc2OC)cc1. The molecule has 8 heteroatoms. The standard InChI is InChI=1S/C17H17N3O5/c1-24-12-9-7-11(8-10-12)18-16(22)17(23)20-19-15(21)13-5-3-4-6-14(13)25-2/h3-10H,1-2H3,(H,18,22)(H,19,21)(H,20,23). The first-order valence-corrected chi connectivity index (χ1v) is 7.24. The van der Waals surface area contributed by atoms with Crippen molar-refractivity contribution in [3.05, 3.63) is 54.1 Å². The highest BCUT2D eigenvalue weighted by molar-refractivity contribution is 6.39. The van der Waals surface area contributed by atoms with E-state index in [1.54, 1.807) is 42.5 Å². The lowest BCUT2D eigenvalue weighted by molar-refractivity contribution is -0.136. The number of methoxy groups -OCH3 is 2. The van der Waals surface area contributed by atoms with Crippen molar-refractivity contribution in [2.75, 3.05) is 19.5 Å². The Morgan fingerprint density at radius 1 is 0.800 bits per heavy atom. The molecule has 0 atom stereocenters. The minimum absolute atomic E-state index is 0.223. The Kier molecular flexibility index (Phi) is 5.94. The molecule has 0 spiro atoms. The lowest BCUT2D eigenvalue weighted by Crippen LogP contribution is -2.46. The number of nitrogens with one attached hydrogen (secondary N) is 3. The number of hydrazine groups is 1. The molecule has 3 N–H and O–H groups in total. The highest BCUT2D eigenvalue weighted by Gasteiger charge is 2.16. The Bertz CT molecular complexity index is 774. The van der Waals surface area contributed by atoms with Crippen molar-refractivity contribution in [2.24, 2.45) is 0 Å². The number of hydrogen-bond acceptors (Lipinski definition) is 5. The number of para-hydroxylation sites is 1. The van der Waals surface area contributed by atoms with Gasteiger partial charge in [-0.05, 0) is 36.4 Å². The predicted octanol–water partition coefficient (Wildman–Crippen LogP) is 1.10. The number of hydrogen-bond donors (Lipinski definition) is 3. The predicted molar refractivity (Wildman–Crippen MR) is 90.2 cm³/mol. The van der Waals surface area contributed by atoms with Crippen LogP contribution in [0, 0.1) is 0 Å². The molecule has 0 fully saturated rings. The van der Waals surface area contributed by atoms with Gasteiger partial charge in [-0.25, -0.2) is 0 Å². The summed E-state index contributed by atoms with van der Waals surface area (Å²) in [4.78, 5) is 35.6. The average Bonchev–Trinajstić information content (AvgIpc) is 2.66. The number of amides is 3. The number of rotatable bonds is 4. The van der Waals surface area contributed by atoms with Crippen LogP contribution < -0.4 is 25.6 Å². The van der Waals surface area contributed by atoms with E-state index in [0.29, 0.717) is 17.2 Å². The minimum Gasteiger partial charge on any atom is -0.497 e. The van der Waals surface area contributed by atoms with Crippen LogP contribution in [-0.2, 0) is 9.59 Å². The molecule has 0 saturated heterocycles. The molecule has 0 bridgehead atoms. The van der Waals surface area contributed by atoms with Gasteiger partial charge in [0, 0.05) is 5.69 Å². The quantitative estimate of drug-likeness (QED) is 0.569. The lowest BCUT2D eigenvalue weighted by atomic mass is 10.2. The van der Waals surface area contributed by atoms with Crippen LogP contribution in [0.2, 0.25) is 0 Å². The van der Waals surface area contributed by atoms with Crippen molar-refractivity contribution < 1.29 is 23.9 Å². The number of carbonyl (C=O) groups excluding carboxylic acids is 3. The third-order valence-corrected chi connectivity index (χ3v) is 3.20. The van der Waals surface area contributed by atoms with Gasteiger partial charge in [0.2, 0.25) is 0 Å². The van der Waals surface area contributed by atoms with Crippen LogP contribution >= 0.6 is 0 Å². The Labute approximate surface area is 144 Å². The van der Waals surface area contributed by atoms with Crippen molar-refractivity contribution in [3.63, 3.8) is 0 Å². The smallest absolute Gasteiger partial charge is 0.328 e. The topological polar surface area (TPSA) is 106 Å². The van der Waals surface area contributed by atoms with Crippen LogP contribution in [-0.4, -0.2) is 31.9 Å². The summed E-state index contributed by atoms with van der Waals surface area (Å²) in [7, 11) is 2.94. The van der Waals surface area contributed by atoms with Crippen LogP contribution in [0.3, 0.4) is 0 Å². The van der Waals surface area contributed by atoms with E-state index in [1.165, 1.54) is 20.3 Å². The molecule has 0 aliphatic heterocycles. The molecule has 0 aromatic heterocycles. The molecular formula is C17H17N3O5. The van der Waals surface area contributed by atoms with Crippen LogP contribution in [0.4, 0.5) is 5.69 Å². The second-order valence-corrected chi connectivity index (χ2v) is 4.79. The molecule has 0 radical (unpaired) electrons. The van der Waals surface area contributed by atoms with Gasteiger partial charge in [0.05, 0.1) is 19.8 Å². The van der Waals surface area contributed by atoms with E-state index in [1.807, 2.05) is 5.43 Å². The van der Waals surface area contributed by atoms with Crippen molar-refractivity contribution in [3.8, 4) is 11.5 Å². The second-order valence-electron chi connectivity index (χ2n) is 4.79. The zero-order chi connectivity index (χ0) is 18.2. The van der Waals surface area contributed by atoms with E-state index in [-0.39, 0.29) is 5.56 Å².